The molecule has 148 valence electrons. The average molecular weight is 395 g/mol. The molecule has 0 aliphatic heterocycles. The average Bonchev–Trinajstić information content (AvgIpc) is 3.41. The number of fused-ring (bicyclic) bond motifs is 4. The number of aryl methyl sites for hydroxylation is 1. The van der Waals surface area contributed by atoms with Crippen LogP contribution in [0.1, 0.15) is 42.9 Å². The van der Waals surface area contributed by atoms with E-state index in [4.69, 9.17) is 9.40 Å². The smallest absolute Gasteiger partial charge is 0.144 e. The molecule has 0 bridgehead atoms. The van der Waals surface area contributed by atoms with Crippen molar-refractivity contribution in [2.24, 2.45) is 0 Å². The van der Waals surface area contributed by atoms with Crippen molar-refractivity contribution in [2.75, 3.05) is 0 Å². The Morgan fingerprint density at radius 2 is 1.73 bits per heavy atom. The molecule has 3 aromatic carbocycles. The van der Waals surface area contributed by atoms with Crippen LogP contribution in [0, 0.1) is 12.7 Å². The summed E-state index contributed by atoms with van der Waals surface area (Å²) in [6.07, 6.45) is 4.85. The molecule has 0 saturated heterocycles. The highest BCUT2D eigenvalue weighted by molar-refractivity contribution is 6.11. The Kier molecular flexibility index (Phi) is 3.92. The zero-order valence-corrected chi connectivity index (χ0v) is 16.9. The third-order valence-electron chi connectivity index (χ3n) is 6.47. The minimum Gasteiger partial charge on any atom is -0.455 e. The first-order chi connectivity index (χ1) is 14.7. The molecule has 2 aromatic heterocycles. The van der Waals surface area contributed by atoms with Crippen molar-refractivity contribution >= 4 is 32.7 Å². The Balaban J connectivity index is 1.71. The van der Waals surface area contributed by atoms with E-state index < -0.39 is 0 Å². The first kappa shape index (κ1) is 17.6. The summed E-state index contributed by atoms with van der Waals surface area (Å²) in [5.74, 6) is 0.238. The lowest BCUT2D eigenvalue weighted by atomic mass is 9.96. The molecular formula is C27H22FNO. The summed E-state index contributed by atoms with van der Waals surface area (Å²) in [5.41, 5.74) is 5.71. The molecule has 1 aliphatic rings. The van der Waals surface area contributed by atoms with Gasteiger partial charge in [-0.1, -0.05) is 37.1 Å². The predicted octanol–water partition coefficient (Wildman–Crippen LogP) is 7.91. The van der Waals surface area contributed by atoms with Crippen LogP contribution < -0.4 is 0 Å². The van der Waals surface area contributed by atoms with Gasteiger partial charge in [0, 0.05) is 33.3 Å². The number of benzene rings is 3. The Hall–Kier alpha value is -3.20. The molecule has 1 aliphatic carbocycles. The number of hydrogen-bond acceptors (Lipinski definition) is 2. The van der Waals surface area contributed by atoms with Crippen LogP contribution in [-0.4, -0.2) is 4.98 Å². The molecule has 0 atom stereocenters. The number of para-hydroxylation sites is 1. The van der Waals surface area contributed by atoms with E-state index in [0.29, 0.717) is 5.92 Å². The second-order valence-corrected chi connectivity index (χ2v) is 8.53. The van der Waals surface area contributed by atoms with E-state index in [9.17, 15) is 4.39 Å². The molecule has 6 rings (SSSR count). The molecule has 2 nitrogen and oxygen atoms in total. The van der Waals surface area contributed by atoms with Crippen molar-refractivity contribution in [1.82, 2.24) is 4.98 Å². The second-order valence-electron chi connectivity index (χ2n) is 8.53. The summed E-state index contributed by atoms with van der Waals surface area (Å²) < 4.78 is 20.5. The molecule has 1 fully saturated rings. The van der Waals surface area contributed by atoms with E-state index in [1.165, 1.54) is 31.7 Å². The lowest BCUT2D eigenvalue weighted by molar-refractivity contribution is 0.629. The Bertz CT molecular complexity index is 1430. The summed E-state index contributed by atoms with van der Waals surface area (Å²) in [4.78, 5) is 5.13. The maximum Gasteiger partial charge on any atom is 0.144 e. The zero-order chi connectivity index (χ0) is 20.2. The first-order valence-corrected chi connectivity index (χ1v) is 10.7. The topological polar surface area (TPSA) is 26.0 Å². The highest BCUT2D eigenvalue weighted by atomic mass is 19.1. The van der Waals surface area contributed by atoms with E-state index >= 15 is 0 Å². The summed E-state index contributed by atoms with van der Waals surface area (Å²) in [5, 5.41) is 4.05. The van der Waals surface area contributed by atoms with Crippen molar-refractivity contribution in [3.63, 3.8) is 0 Å². The SMILES string of the molecule is Cc1cc(-c2nc(C3CCCC3)cc3ccc(F)cc23)c2oc3ccccc3c2c1. The van der Waals surface area contributed by atoms with E-state index in [-0.39, 0.29) is 5.82 Å². The minimum atomic E-state index is -0.243. The Morgan fingerprint density at radius 1 is 0.900 bits per heavy atom. The van der Waals surface area contributed by atoms with Crippen molar-refractivity contribution in [3.05, 3.63) is 77.7 Å². The summed E-state index contributed by atoms with van der Waals surface area (Å²) >= 11 is 0. The molecule has 30 heavy (non-hydrogen) atoms. The fourth-order valence-electron chi connectivity index (χ4n) is 5.02. The van der Waals surface area contributed by atoms with Crippen molar-refractivity contribution in [2.45, 2.75) is 38.5 Å². The fourth-order valence-corrected chi connectivity index (χ4v) is 5.02. The molecule has 0 N–H and O–H groups in total. The highest BCUT2D eigenvalue weighted by Crippen LogP contribution is 2.41. The molecular weight excluding hydrogens is 373 g/mol. The molecule has 0 unspecified atom stereocenters. The Labute approximate surface area is 174 Å². The normalized spacial score (nSPS) is 15.0. The number of furan rings is 1. The van der Waals surface area contributed by atoms with Gasteiger partial charge in [-0.25, -0.2) is 4.39 Å². The molecule has 5 aromatic rings. The molecule has 2 heterocycles. The fraction of sp³-hybridized carbons (Fsp3) is 0.222. The lowest BCUT2D eigenvalue weighted by Crippen LogP contribution is -2.00. The van der Waals surface area contributed by atoms with Gasteiger partial charge in [-0.05, 0) is 67.1 Å². The van der Waals surface area contributed by atoms with E-state index in [1.807, 2.05) is 24.3 Å². The van der Waals surface area contributed by atoms with Crippen LogP contribution in [0.15, 0.2) is 65.1 Å². The summed E-state index contributed by atoms with van der Waals surface area (Å²) in [7, 11) is 0. The van der Waals surface area contributed by atoms with Crippen LogP contribution in [0.2, 0.25) is 0 Å². The van der Waals surface area contributed by atoms with Gasteiger partial charge in [0.2, 0.25) is 0 Å². The van der Waals surface area contributed by atoms with Crippen LogP contribution in [-0.2, 0) is 0 Å². The third-order valence-corrected chi connectivity index (χ3v) is 6.47. The van der Waals surface area contributed by atoms with Crippen molar-refractivity contribution < 1.29 is 8.81 Å². The van der Waals surface area contributed by atoms with Gasteiger partial charge >= 0.3 is 0 Å². The van der Waals surface area contributed by atoms with Gasteiger partial charge in [0.1, 0.15) is 17.0 Å². The molecule has 0 amide bonds. The number of hydrogen-bond donors (Lipinski definition) is 0. The van der Waals surface area contributed by atoms with Gasteiger partial charge in [-0.15, -0.1) is 0 Å². The zero-order valence-electron chi connectivity index (χ0n) is 16.9. The van der Waals surface area contributed by atoms with Crippen molar-refractivity contribution in [1.29, 1.82) is 0 Å². The van der Waals surface area contributed by atoms with Gasteiger partial charge in [-0.2, -0.15) is 0 Å². The maximum atomic E-state index is 14.2. The predicted molar refractivity (Wildman–Crippen MR) is 120 cm³/mol. The summed E-state index contributed by atoms with van der Waals surface area (Å²) in [6, 6.07) is 19.6. The van der Waals surface area contributed by atoms with E-state index in [0.717, 1.165) is 55.2 Å². The van der Waals surface area contributed by atoms with Crippen LogP contribution in [0.25, 0.3) is 44.0 Å². The van der Waals surface area contributed by atoms with Gasteiger partial charge in [0.05, 0.1) is 5.69 Å². The van der Waals surface area contributed by atoms with E-state index in [1.54, 1.807) is 6.07 Å². The molecule has 0 spiro atoms. The minimum absolute atomic E-state index is 0.243. The molecule has 1 saturated carbocycles. The number of rotatable bonds is 2. The maximum absolute atomic E-state index is 14.2. The number of aromatic nitrogens is 1. The quantitative estimate of drug-likeness (QED) is 0.303. The van der Waals surface area contributed by atoms with Crippen LogP contribution in [0.3, 0.4) is 0 Å². The van der Waals surface area contributed by atoms with Crippen LogP contribution >= 0.6 is 0 Å². The third kappa shape index (κ3) is 2.72. The van der Waals surface area contributed by atoms with Gasteiger partial charge in [0.15, 0.2) is 0 Å². The van der Waals surface area contributed by atoms with Gasteiger partial charge in [0.25, 0.3) is 0 Å². The standard InChI is InChI=1S/C27H22FNO/c1-16-12-22-20-8-4-5-9-25(20)30-27(22)23(13-16)26-21-15-19(28)11-10-18(21)14-24(29-26)17-6-2-3-7-17/h4-5,8-15,17H,2-3,6-7H2,1H3. The summed E-state index contributed by atoms with van der Waals surface area (Å²) in [6.45, 7) is 2.09. The first-order valence-electron chi connectivity index (χ1n) is 10.7. The van der Waals surface area contributed by atoms with Gasteiger partial charge in [-0.3, -0.25) is 4.98 Å². The molecule has 0 radical (unpaired) electrons. The van der Waals surface area contributed by atoms with Crippen molar-refractivity contribution in [3.8, 4) is 11.3 Å². The lowest BCUT2D eigenvalue weighted by Gasteiger charge is -2.14. The molecule has 3 heteroatoms. The number of pyridine rings is 1. The van der Waals surface area contributed by atoms with Crippen LogP contribution in [0.4, 0.5) is 4.39 Å². The number of halogens is 1. The second kappa shape index (κ2) is 6.66. The van der Waals surface area contributed by atoms with E-state index in [2.05, 4.69) is 31.2 Å². The highest BCUT2D eigenvalue weighted by Gasteiger charge is 2.22. The largest absolute Gasteiger partial charge is 0.455 e. The van der Waals surface area contributed by atoms with Gasteiger partial charge < -0.3 is 4.42 Å². The van der Waals surface area contributed by atoms with Crippen LogP contribution in [0.5, 0.6) is 0 Å². The number of nitrogens with zero attached hydrogens (tertiary/aromatic N) is 1. The monoisotopic (exact) mass is 395 g/mol. The Morgan fingerprint density at radius 3 is 2.60 bits per heavy atom.